The fraction of sp³-hybridized carbons (Fsp3) is 0.500. The molecule has 3 rings (SSSR count). The summed E-state index contributed by atoms with van der Waals surface area (Å²) in [6.45, 7) is 6.12. The molecule has 2 aliphatic heterocycles. The normalized spacial score (nSPS) is 22.9. The minimum atomic E-state index is -0.464. The van der Waals surface area contributed by atoms with E-state index in [2.05, 4.69) is 42.7 Å². The lowest BCUT2D eigenvalue weighted by atomic mass is 9.92. The molecule has 0 saturated heterocycles. The zero-order valence-corrected chi connectivity index (χ0v) is 17.6. The lowest BCUT2D eigenvalue weighted by Crippen LogP contribution is -2.46. The number of rotatable bonds is 5. The average Bonchev–Trinajstić information content (AvgIpc) is 2.86. The highest BCUT2D eigenvalue weighted by Crippen LogP contribution is 2.42. The fourth-order valence-corrected chi connectivity index (χ4v) is 4.83. The number of benzene rings is 1. The van der Waals surface area contributed by atoms with E-state index < -0.39 is 12.0 Å². The van der Waals surface area contributed by atoms with Crippen LogP contribution in [-0.4, -0.2) is 55.0 Å². The Morgan fingerprint density at radius 1 is 1.33 bits per heavy atom. The molecule has 2 heterocycles. The summed E-state index contributed by atoms with van der Waals surface area (Å²) in [5.74, 6) is 0.352. The van der Waals surface area contributed by atoms with Crippen LogP contribution in [0.4, 0.5) is 10.1 Å². The van der Waals surface area contributed by atoms with Gasteiger partial charge in [0.05, 0.1) is 16.3 Å². The molecule has 0 saturated carbocycles. The molecule has 1 aromatic rings. The van der Waals surface area contributed by atoms with Crippen molar-refractivity contribution < 1.29 is 4.39 Å². The first-order valence-electron chi connectivity index (χ1n) is 8.70. The number of hydrogen-bond donors (Lipinski definition) is 2. The Bertz CT molecular complexity index is 781. The van der Waals surface area contributed by atoms with E-state index in [0.29, 0.717) is 5.69 Å². The highest BCUT2D eigenvalue weighted by Gasteiger charge is 2.39. The van der Waals surface area contributed by atoms with Gasteiger partial charge in [-0.3, -0.25) is 0 Å². The van der Waals surface area contributed by atoms with Crippen molar-refractivity contribution in [2.45, 2.75) is 25.5 Å². The van der Waals surface area contributed by atoms with E-state index in [0.717, 1.165) is 23.8 Å². The van der Waals surface area contributed by atoms with E-state index in [-0.39, 0.29) is 15.9 Å². The highest BCUT2D eigenvalue weighted by molar-refractivity contribution is 8.03. The minimum absolute atomic E-state index is 0.0331. The number of nitrogens with zero attached hydrogens (tertiary/aromatic N) is 4. The van der Waals surface area contributed by atoms with Gasteiger partial charge in [0, 0.05) is 18.8 Å². The summed E-state index contributed by atoms with van der Waals surface area (Å²) in [5, 5.41) is 0.0516. The molecule has 0 bridgehead atoms. The summed E-state index contributed by atoms with van der Waals surface area (Å²) in [4.78, 5) is 11.6. The van der Waals surface area contributed by atoms with Gasteiger partial charge in [0.2, 0.25) is 0 Å². The van der Waals surface area contributed by atoms with Crippen molar-refractivity contribution in [3.8, 4) is 0 Å². The summed E-state index contributed by atoms with van der Waals surface area (Å²) < 4.78 is 13.5. The van der Waals surface area contributed by atoms with Gasteiger partial charge in [0.25, 0.3) is 0 Å². The van der Waals surface area contributed by atoms with Crippen LogP contribution in [0.3, 0.4) is 0 Å². The predicted molar refractivity (Wildman–Crippen MR) is 112 cm³/mol. The van der Waals surface area contributed by atoms with Crippen LogP contribution in [0.2, 0.25) is 5.02 Å². The topological polar surface area (TPSA) is 74.1 Å². The van der Waals surface area contributed by atoms with Crippen LogP contribution in [0.15, 0.2) is 33.9 Å². The van der Waals surface area contributed by atoms with Crippen LogP contribution in [0.5, 0.6) is 0 Å². The van der Waals surface area contributed by atoms with Crippen molar-refractivity contribution in [3.63, 3.8) is 0 Å². The first-order chi connectivity index (χ1) is 12.6. The second-order valence-corrected chi connectivity index (χ2v) is 9.49. The molecule has 0 aliphatic carbocycles. The molecular formula is C18H26ClFN6S. The summed E-state index contributed by atoms with van der Waals surface area (Å²) in [6, 6.07) is 4.51. The molecule has 9 heteroatoms. The molecule has 0 fully saturated rings. The van der Waals surface area contributed by atoms with Gasteiger partial charge in [-0.2, -0.15) is 0 Å². The highest BCUT2D eigenvalue weighted by atomic mass is 35.5. The Balaban J connectivity index is 1.83. The smallest absolute Gasteiger partial charge is 0.145 e. The van der Waals surface area contributed by atoms with Crippen molar-refractivity contribution in [3.05, 3.63) is 39.8 Å². The molecule has 148 valence electrons. The van der Waals surface area contributed by atoms with Gasteiger partial charge in [-0.25, -0.2) is 9.38 Å². The standard InChI is InChI=1S/C18H26ClFN6S/c1-18(2,8-24(3)4)9-25-16-14(27-17(25)22)15(21)26(10-23-16)11-5-6-13(20)12(19)7-11/h5-7,10,15,17H,8-9,21-22H2,1-4H3. The quantitative estimate of drug-likeness (QED) is 0.774. The number of hydrogen-bond acceptors (Lipinski definition) is 7. The van der Waals surface area contributed by atoms with E-state index in [9.17, 15) is 4.39 Å². The molecule has 2 aliphatic rings. The monoisotopic (exact) mass is 412 g/mol. The molecule has 27 heavy (non-hydrogen) atoms. The number of thioether (sulfide) groups is 1. The zero-order valence-electron chi connectivity index (χ0n) is 16.0. The van der Waals surface area contributed by atoms with E-state index >= 15 is 0 Å². The molecule has 0 aromatic heterocycles. The van der Waals surface area contributed by atoms with E-state index in [1.54, 1.807) is 23.4 Å². The third-order valence-electron chi connectivity index (χ3n) is 4.46. The molecular weight excluding hydrogens is 387 g/mol. The third-order valence-corrected chi connectivity index (χ3v) is 5.93. The van der Waals surface area contributed by atoms with E-state index in [1.807, 2.05) is 0 Å². The minimum Gasteiger partial charge on any atom is -0.330 e. The molecule has 0 amide bonds. The molecule has 2 atom stereocenters. The van der Waals surface area contributed by atoms with Crippen LogP contribution in [-0.2, 0) is 0 Å². The van der Waals surface area contributed by atoms with Gasteiger partial charge in [-0.05, 0) is 37.7 Å². The maximum Gasteiger partial charge on any atom is 0.145 e. The third kappa shape index (κ3) is 4.25. The van der Waals surface area contributed by atoms with Crippen molar-refractivity contribution in [1.29, 1.82) is 0 Å². The first-order valence-corrected chi connectivity index (χ1v) is 9.96. The first kappa shape index (κ1) is 20.4. The maximum absolute atomic E-state index is 13.5. The van der Waals surface area contributed by atoms with Crippen LogP contribution >= 0.6 is 23.4 Å². The Hall–Kier alpha value is -1.32. The molecule has 1 aromatic carbocycles. The maximum atomic E-state index is 13.5. The van der Waals surface area contributed by atoms with Crippen LogP contribution in [0, 0.1) is 11.2 Å². The van der Waals surface area contributed by atoms with E-state index in [1.165, 1.54) is 17.8 Å². The van der Waals surface area contributed by atoms with Gasteiger partial charge in [-0.1, -0.05) is 37.2 Å². The Kier molecular flexibility index (Phi) is 5.74. The van der Waals surface area contributed by atoms with Crippen LogP contribution in [0.25, 0.3) is 0 Å². The summed E-state index contributed by atoms with van der Waals surface area (Å²) >= 11 is 7.43. The lowest BCUT2D eigenvalue weighted by molar-refractivity contribution is 0.164. The molecule has 0 spiro atoms. The predicted octanol–water partition coefficient (Wildman–Crippen LogP) is 2.66. The van der Waals surface area contributed by atoms with Crippen molar-refractivity contribution in [1.82, 2.24) is 9.80 Å². The molecule has 6 nitrogen and oxygen atoms in total. The summed E-state index contributed by atoms with van der Waals surface area (Å²) in [6.07, 6.45) is 1.22. The second kappa shape index (κ2) is 7.60. The van der Waals surface area contributed by atoms with Crippen molar-refractivity contribution >= 4 is 35.4 Å². The molecule has 2 unspecified atom stereocenters. The average molecular weight is 413 g/mol. The van der Waals surface area contributed by atoms with Gasteiger partial charge < -0.3 is 26.2 Å². The lowest BCUT2D eigenvalue weighted by Gasteiger charge is -2.36. The second-order valence-electron chi connectivity index (χ2n) is 7.92. The number of nitrogens with two attached hydrogens (primary N) is 2. The summed E-state index contributed by atoms with van der Waals surface area (Å²) in [5.41, 5.74) is 13.3. The van der Waals surface area contributed by atoms with Gasteiger partial charge >= 0.3 is 0 Å². The molecule has 4 N–H and O–H groups in total. The largest absolute Gasteiger partial charge is 0.330 e. The van der Waals surface area contributed by atoms with E-state index in [4.69, 9.17) is 23.1 Å². The Morgan fingerprint density at radius 3 is 2.67 bits per heavy atom. The van der Waals surface area contributed by atoms with Gasteiger partial charge in [-0.15, -0.1) is 0 Å². The number of halogens is 2. The van der Waals surface area contributed by atoms with Crippen LogP contribution in [0.1, 0.15) is 13.8 Å². The fourth-order valence-electron chi connectivity index (χ4n) is 3.57. The van der Waals surface area contributed by atoms with Gasteiger partial charge in [0.1, 0.15) is 23.3 Å². The van der Waals surface area contributed by atoms with Crippen molar-refractivity contribution in [2.24, 2.45) is 21.9 Å². The number of aliphatic imine (C=N–C) groups is 1. The van der Waals surface area contributed by atoms with Gasteiger partial charge in [0.15, 0.2) is 0 Å². The Morgan fingerprint density at radius 2 is 2.04 bits per heavy atom. The Labute approximate surface area is 169 Å². The zero-order chi connectivity index (χ0) is 19.9. The summed E-state index contributed by atoms with van der Waals surface area (Å²) in [7, 11) is 4.12. The van der Waals surface area contributed by atoms with Crippen LogP contribution < -0.4 is 16.4 Å². The SMILES string of the molecule is CN(C)CC(C)(C)CN1C2=C(SC1N)C(N)N(c1ccc(F)c(Cl)c1)C=N2. The number of anilines is 1. The van der Waals surface area contributed by atoms with Crippen molar-refractivity contribution in [2.75, 3.05) is 32.1 Å². The molecule has 0 radical (unpaired) electrons.